The molecular weight excluding hydrogens is 291 g/mol. The van der Waals surface area contributed by atoms with Crippen molar-refractivity contribution in [2.24, 2.45) is 0 Å². The lowest BCUT2D eigenvalue weighted by Gasteiger charge is -2.30. The Balaban J connectivity index is 0.00000180. The van der Waals surface area contributed by atoms with E-state index in [9.17, 15) is 12.8 Å². The highest BCUT2D eigenvalue weighted by Crippen LogP contribution is 2.21. The molecule has 4 nitrogen and oxygen atoms in total. The number of hydrogen-bond donors (Lipinski definition) is 1. The van der Waals surface area contributed by atoms with E-state index in [1.54, 1.807) is 7.05 Å². The topological polar surface area (TPSA) is 49.4 Å². The van der Waals surface area contributed by atoms with Crippen molar-refractivity contribution in [2.45, 2.75) is 23.8 Å². The van der Waals surface area contributed by atoms with Crippen LogP contribution in [-0.4, -0.2) is 38.9 Å². The lowest BCUT2D eigenvalue weighted by atomic mass is 10.1. The van der Waals surface area contributed by atoms with Gasteiger partial charge in [0.2, 0.25) is 10.0 Å². The molecular formula is C12H18ClFN2O2S. The minimum atomic E-state index is -3.60. The van der Waals surface area contributed by atoms with Crippen molar-refractivity contribution in [1.82, 2.24) is 9.62 Å². The van der Waals surface area contributed by atoms with E-state index in [2.05, 4.69) is 5.32 Å². The molecule has 2 rings (SSSR count). The van der Waals surface area contributed by atoms with Crippen molar-refractivity contribution in [3.63, 3.8) is 0 Å². The minimum Gasteiger partial charge on any atom is -0.317 e. The quantitative estimate of drug-likeness (QED) is 0.923. The van der Waals surface area contributed by atoms with Crippen LogP contribution in [0, 0.1) is 5.82 Å². The molecule has 1 N–H and O–H groups in total. The van der Waals surface area contributed by atoms with Crippen molar-refractivity contribution in [2.75, 3.05) is 20.1 Å². The molecule has 0 amide bonds. The van der Waals surface area contributed by atoms with Crippen LogP contribution in [0.25, 0.3) is 0 Å². The Labute approximate surface area is 119 Å². The van der Waals surface area contributed by atoms with Crippen molar-refractivity contribution >= 4 is 22.4 Å². The number of piperidine rings is 1. The zero-order valence-electron chi connectivity index (χ0n) is 10.7. The monoisotopic (exact) mass is 308 g/mol. The van der Waals surface area contributed by atoms with Crippen LogP contribution in [0.4, 0.5) is 4.39 Å². The molecule has 7 heteroatoms. The molecule has 0 aromatic heterocycles. The van der Waals surface area contributed by atoms with Gasteiger partial charge in [-0.3, -0.25) is 0 Å². The van der Waals surface area contributed by atoms with Crippen LogP contribution in [0.1, 0.15) is 12.8 Å². The van der Waals surface area contributed by atoms with Gasteiger partial charge in [-0.05, 0) is 44.1 Å². The SMILES string of the molecule is CN(C1CCNCC1)S(=O)(=O)c1cccc(F)c1.Cl. The molecule has 1 saturated heterocycles. The third-order valence-electron chi connectivity index (χ3n) is 3.30. The normalized spacial score (nSPS) is 17.2. The first kappa shape index (κ1) is 16.4. The number of rotatable bonds is 3. The second-order valence-corrected chi connectivity index (χ2v) is 6.46. The van der Waals surface area contributed by atoms with Gasteiger partial charge < -0.3 is 5.32 Å². The van der Waals surface area contributed by atoms with E-state index in [0.29, 0.717) is 0 Å². The molecule has 0 unspecified atom stereocenters. The van der Waals surface area contributed by atoms with E-state index in [1.807, 2.05) is 0 Å². The van der Waals surface area contributed by atoms with Crippen molar-refractivity contribution < 1.29 is 12.8 Å². The molecule has 0 atom stereocenters. The van der Waals surface area contributed by atoms with E-state index in [-0.39, 0.29) is 23.3 Å². The first-order valence-electron chi connectivity index (χ1n) is 5.96. The van der Waals surface area contributed by atoms with Gasteiger partial charge in [0.05, 0.1) is 4.90 Å². The second-order valence-electron chi connectivity index (χ2n) is 4.46. The fraction of sp³-hybridized carbons (Fsp3) is 0.500. The Morgan fingerprint density at radius 1 is 1.32 bits per heavy atom. The minimum absolute atomic E-state index is 0. The summed E-state index contributed by atoms with van der Waals surface area (Å²) >= 11 is 0. The van der Waals surface area contributed by atoms with Gasteiger partial charge in [0, 0.05) is 13.1 Å². The summed E-state index contributed by atoms with van der Waals surface area (Å²) < 4.78 is 39.1. The van der Waals surface area contributed by atoms with Crippen LogP contribution in [0.3, 0.4) is 0 Å². The summed E-state index contributed by atoms with van der Waals surface area (Å²) in [5.41, 5.74) is 0. The standard InChI is InChI=1S/C12H17FN2O2S.ClH/c1-15(11-5-7-14-8-6-11)18(16,17)12-4-2-3-10(13)9-12;/h2-4,9,11,14H,5-8H2,1H3;1H. The Hall–Kier alpha value is -0.690. The fourth-order valence-corrected chi connectivity index (χ4v) is 3.61. The first-order chi connectivity index (χ1) is 8.51. The summed E-state index contributed by atoms with van der Waals surface area (Å²) in [6, 6.07) is 5.13. The van der Waals surface area contributed by atoms with Crippen LogP contribution < -0.4 is 5.32 Å². The summed E-state index contributed by atoms with van der Waals surface area (Å²) in [5, 5.41) is 3.19. The number of nitrogens with zero attached hydrogens (tertiary/aromatic N) is 1. The molecule has 1 aromatic rings. The van der Waals surface area contributed by atoms with Crippen molar-refractivity contribution in [3.8, 4) is 0 Å². The molecule has 0 bridgehead atoms. The predicted molar refractivity (Wildman–Crippen MR) is 74.5 cm³/mol. The molecule has 1 aliphatic heterocycles. The highest BCUT2D eigenvalue weighted by Gasteiger charge is 2.29. The molecule has 19 heavy (non-hydrogen) atoms. The lowest BCUT2D eigenvalue weighted by Crippen LogP contribution is -2.43. The van der Waals surface area contributed by atoms with E-state index in [4.69, 9.17) is 0 Å². The Morgan fingerprint density at radius 3 is 2.53 bits per heavy atom. The van der Waals surface area contributed by atoms with Gasteiger partial charge in [0.1, 0.15) is 5.82 Å². The predicted octanol–water partition coefficient (Wildman–Crippen LogP) is 1.62. The zero-order valence-corrected chi connectivity index (χ0v) is 12.3. The number of hydrogen-bond acceptors (Lipinski definition) is 3. The zero-order chi connectivity index (χ0) is 13.2. The maximum Gasteiger partial charge on any atom is 0.243 e. The number of halogens is 2. The summed E-state index contributed by atoms with van der Waals surface area (Å²) in [7, 11) is -2.03. The van der Waals surface area contributed by atoms with E-state index in [1.165, 1.54) is 22.5 Å². The third-order valence-corrected chi connectivity index (χ3v) is 5.20. The van der Waals surface area contributed by atoms with Crippen LogP contribution >= 0.6 is 12.4 Å². The summed E-state index contributed by atoms with van der Waals surface area (Å²) in [5.74, 6) is -0.533. The van der Waals surface area contributed by atoms with Crippen LogP contribution in [-0.2, 0) is 10.0 Å². The first-order valence-corrected chi connectivity index (χ1v) is 7.40. The molecule has 1 aromatic carbocycles. The molecule has 0 spiro atoms. The molecule has 108 valence electrons. The third kappa shape index (κ3) is 3.66. The van der Waals surface area contributed by atoms with Crippen LogP contribution in [0.15, 0.2) is 29.2 Å². The average Bonchev–Trinajstić information content (AvgIpc) is 2.39. The van der Waals surface area contributed by atoms with Crippen molar-refractivity contribution in [3.05, 3.63) is 30.1 Å². The fourth-order valence-electron chi connectivity index (χ4n) is 2.16. The molecule has 0 aliphatic carbocycles. The molecule has 1 fully saturated rings. The highest BCUT2D eigenvalue weighted by atomic mass is 35.5. The van der Waals surface area contributed by atoms with Gasteiger partial charge in [-0.2, -0.15) is 4.31 Å². The molecule has 1 heterocycles. The van der Waals surface area contributed by atoms with Crippen LogP contribution in [0.2, 0.25) is 0 Å². The molecule has 0 radical (unpaired) electrons. The summed E-state index contributed by atoms with van der Waals surface area (Å²) in [4.78, 5) is 0.0172. The van der Waals surface area contributed by atoms with Crippen molar-refractivity contribution in [1.29, 1.82) is 0 Å². The van der Waals surface area contributed by atoms with E-state index in [0.717, 1.165) is 32.0 Å². The number of nitrogens with one attached hydrogen (secondary N) is 1. The maximum atomic E-state index is 13.1. The molecule has 0 saturated carbocycles. The largest absolute Gasteiger partial charge is 0.317 e. The van der Waals surface area contributed by atoms with Gasteiger partial charge in [-0.25, -0.2) is 12.8 Å². The van der Waals surface area contributed by atoms with E-state index < -0.39 is 15.8 Å². The Kier molecular flexibility index (Phi) is 5.73. The van der Waals surface area contributed by atoms with Gasteiger partial charge in [0.15, 0.2) is 0 Å². The highest BCUT2D eigenvalue weighted by molar-refractivity contribution is 7.89. The smallest absolute Gasteiger partial charge is 0.243 e. The maximum absolute atomic E-state index is 13.1. The lowest BCUT2D eigenvalue weighted by molar-refractivity contribution is 0.296. The van der Waals surface area contributed by atoms with Gasteiger partial charge >= 0.3 is 0 Å². The number of benzene rings is 1. The van der Waals surface area contributed by atoms with E-state index >= 15 is 0 Å². The van der Waals surface area contributed by atoms with Gasteiger partial charge in [-0.15, -0.1) is 12.4 Å². The van der Waals surface area contributed by atoms with Gasteiger partial charge in [-0.1, -0.05) is 6.07 Å². The summed E-state index contributed by atoms with van der Waals surface area (Å²) in [6.07, 6.45) is 1.57. The Bertz CT molecular complexity index is 518. The molecule has 1 aliphatic rings. The average molecular weight is 309 g/mol. The Morgan fingerprint density at radius 2 is 1.95 bits per heavy atom. The van der Waals surface area contributed by atoms with Crippen LogP contribution in [0.5, 0.6) is 0 Å². The summed E-state index contributed by atoms with van der Waals surface area (Å²) in [6.45, 7) is 1.63. The second kappa shape index (κ2) is 6.65. The number of sulfonamides is 1. The van der Waals surface area contributed by atoms with Gasteiger partial charge in [0.25, 0.3) is 0 Å².